The normalized spacial score (nSPS) is 12.4. The van der Waals surface area contributed by atoms with Gasteiger partial charge in [-0.3, -0.25) is 4.79 Å². The van der Waals surface area contributed by atoms with Crippen LogP contribution >= 0.6 is 0 Å². The van der Waals surface area contributed by atoms with Crippen LogP contribution in [0.25, 0.3) is 11.0 Å². The van der Waals surface area contributed by atoms with Gasteiger partial charge in [0, 0.05) is 19.6 Å². The van der Waals surface area contributed by atoms with Crippen LogP contribution < -0.4 is 5.43 Å². The van der Waals surface area contributed by atoms with Crippen molar-refractivity contribution in [1.29, 1.82) is 0 Å². The highest BCUT2D eigenvalue weighted by atomic mass is 16.5. The van der Waals surface area contributed by atoms with Crippen LogP contribution in [0.5, 0.6) is 0 Å². The van der Waals surface area contributed by atoms with E-state index in [0.29, 0.717) is 23.2 Å². The van der Waals surface area contributed by atoms with Crippen molar-refractivity contribution in [2.45, 2.75) is 12.5 Å². The third-order valence-electron chi connectivity index (χ3n) is 3.53. The maximum atomic E-state index is 12.1. The minimum atomic E-state index is -0.129. The van der Waals surface area contributed by atoms with Crippen LogP contribution in [0.15, 0.2) is 69.9 Å². The van der Waals surface area contributed by atoms with Gasteiger partial charge in [0.05, 0.1) is 11.5 Å². The minimum absolute atomic E-state index is 0.0187. The summed E-state index contributed by atoms with van der Waals surface area (Å²) in [6.45, 7) is 0. The standard InChI is InChI=1S/C18H16O3/c1-20-18(13-7-3-2-4-8-13)12-14-11-16(19)15-9-5-6-10-17(15)21-14/h2-11,18H,12H2,1H3. The van der Waals surface area contributed by atoms with Crippen LogP contribution in [0, 0.1) is 0 Å². The number of fused-ring (bicyclic) bond motifs is 1. The van der Waals surface area contributed by atoms with Gasteiger partial charge < -0.3 is 9.15 Å². The second-order valence-corrected chi connectivity index (χ2v) is 4.91. The topological polar surface area (TPSA) is 39.4 Å². The van der Waals surface area contributed by atoms with Gasteiger partial charge in [0.1, 0.15) is 11.3 Å². The molecule has 1 atom stereocenters. The number of benzene rings is 2. The van der Waals surface area contributed by atoms with E-state index in [2.05, 4.69) is 0 Å². The first-order chi connectivity index (χ1) is 10.3. The van der Waals surface area contributed by atoms with Crippen molar-refractivity contribution in [3.63, 3.8) is 0 Å². The van der Waals surface area contributed by atoms with E-state index in [1.54, 1.807) is 19.2 Å². The molecule has 0 amide bonds. The molecule has 2 aromatic carbocycles. The second kappa shape index (κ2) is 5.94. The fraction of sp³-hybridized carbons (Fsp3) is 0.167. The third kappa shape index (κ3) is 2.88. The molecule has 106 valence electrons. The Bertz CT molecular complexity index is 790. The summed E-state index contributed by atoms with van der Waals surface area (Å²) in [5.74, 6) is 0.634. The molecule has 3 rings (SSSR count). The Morgan fingerprint density at radius 1 is 1.05 bits per heavy atom. The molecule has 0 aliphatic rings. The van der Waals surface area contributed by atoms with Gasteiger partial charge in [-0.25, -0.2) is 0 Å². The molecule has 3 aromatic rings. The predicted octanol–water partition coefficient (Wildman–Crippen LogP) is 3.72. The summed E-state index contributed by atoms with van der Waals surface area (Å²) < 4.78 is 11.3. The molecule has 0 bridgehead atoms. The lowest BCUT2D eigenvalue weighted by atomic mass is 10.0. The Kier molecular flexibility index (Phi) is 3.84. The predicted molar refractivity (Wildman–Crippen MR) is 82.4 cm³/mol. The summed E-state index contributed by atoms with van der Waals surface area (Å²) >= 11 is 0. The highest BCUT2D eigenvalue weighted by Gasteiger charge is 2.14. The van der Waals surface area contributed by atoms with Crippen LogP contribution in [0.1, 0.15) is 17.4 Å². The van der Waals surface area contributed by atoms with Gasteiger partial charge in [-0.2, -0.15) is 0 Å². The van der Waals surface area contributed by atoms with Crippen molar-refractivity contribution in [1.82, 2.24) is 0 Å². The quantitative estimate of drug-likeness (QED) is 0.731. The van der Waals surface area contributed by atoms with Crippen molar-refractivity contribution >= 4 is 11.0 Å². The Morgan fingerprint density at radius 2 is 1.76 bits per heavy atom. The molecule has 0 fully saturated rings. The van der Waals surface area contributed by atoms with Crippen LogP contribution in [-0.4, -0.2) is 7.11 Å². The van der Waals surface area contributed by atoms with Crippen molar-refractivity contribution in [3.05, 3.63) is 82.2 Å². The maximum Gasteiger partial charge on any atom is 0.192 e. The van der Waals surface area contributed by atoms with E-state index in [1.165, 1.54) is 0 Å². The SMILES string of the molecule is COC(Cc1cc(=O)c2ccccc2o1)c1ccccc1. The van der Waals surface area contributed by atoms with Crippen LogP contribution in [-0.2, 0) is 11.2 Å². The second-order valence-electron chi connectivity index (χ2n) is 4.91. The summed E-state index contributed by atoms with van der Waals surface area (Å²) in [6, 6.07) is 18.8. The smallest absolute Gasteiger partial charge is 0.192 e. The van der Waals surface area contributed by atoms with E-state index < -0.39 is 0 Å². The Hall–Kier alpha value is -2.39. The number of hydrogen-bond acceptors (Lipinski definition) is 3. The third-order valence-corrected chi connectivity index (χ3v) is 3.53. The van der Waals surface area contributed by atoms with E-state index >= 15 is 0 Å². The molecule has 0 spiro atoms. The highest BCUT2D eigenvalue weighted by Crippen LogP contribution is 2.22. The molecule has 3 heteroatoms. The average Bonchev–Trinajstić information content (AvgIpc) is 2.53. The van der Waals surface area contributed by atoms with Gasteiger partial charge in [0.2, 0.25) is 0 Å². The summed E-state index contributed by atoms with van der Waals surface area (Å²) in [7, 11) is 1.66. The molecule has 1 aromatic heterocycles. The van der Waals surface area contributed by atoms with Gasteiger partial charge in [-0.05, 0) is 17.7 Å². The van der Waals surface area contributed by atoms with Crippen molar-refractivity contribution in [3.8, 4) is 0 Å². The van der Waals surface area contributed by atoms with Gasteiger partial charge in [-0.1, -0.05) is 42.5 Å². The number of methoxy groups -OCH3 is 1. The van der Waals surface area contributed by atoms with Gasteiger partial charge in [-0.15, -0.1) is 0 Å². The van der Waals surface area contributed by atoms with Crippen LogP contribution in [0.4, 0.5) is 0 Å². The first-order valence-corrected chi connectivity index (χ1v) is 6.87. The zero-order chi connectivity index (χ0) is 14.7. The Balaban J connectivity index is 1.95. The molecule has 1 unspecified atom stereocenters. The first-order valence-electron chi connectivity index (χ1n) is 6.87. The summed E-state index contributed by atoms with van der Waals surface area (Å²) in [5.41, 5.74) is 1.66. The Labute approximate surface area is 122 Å². The molecule has 3 nitrogen and oxygen atoms in total. The molecule has 0 radical (unpaired) electrons. The average molecular weight is 280 g/mol. The van der Waals surface area contributed by atoms with Crippen molar-refractivity contribution in [2.75, 3.05) is 7.11 Å². The maximum absolute atomic E-state index is 12.1. The molecular formula is C18H16O3. The van der Waals surface area contributed by atoms with Crippen LogP contribution in [0.2, 0.25) is 0 Å². The number of hydrogen-bond donors (Lipinski definition) is 0. The van der Waals surface area contributed by atoms with Gasteiger partial charge in [0.15, 0.2) is 5.43 Å². The summed E-state index contributed by atoms with van der Waals surface area (Å²) in [5, 5.41) is 0.606. The molecule has 21 heavy (non-hydrogen) atoms. The zero-order valence-corrected chi connectivity index (χ0v) is 11.8. The van der Waals surface area contributed by atoms with E-state index in [9.17, 15) is 4.79 Å². The molecule has 0 N–H and O–H groups in total. The largest absolute Gasteiger partial charge is 0.461 e. The molecular weight excluding hydrogens is 264 g/mol. The highest BCUT2D eigenvalue weighted by molar-refractivity contribution is 5.76. The lowest BCUT2D eigenvalue weighted by Crippen LogP contribution is -2.08. The lowest BCUT2D eigenvalue weighted by Gasteiger charge is -2.15. The fourth-order valence-electron chi connectivity index (χ4n) is 2.44. The van der Waals surface area contributed by atoms with Crippen LogP contribution in [0.3, 0.4) is 0 Å². The van der Waals surface area contributed by atoms with E-state index in [-0.39, 0.29) is 11.5 Å². The zero-order valence-electron chi connectivity index (χ0n) is 11.8. The lowest BCUT2D eigenvalue weighted by molar-refractivity contribution is 0.0988. The van der Waals surface area contributed by atoms with Gasteiger partial charge in [0.25, 0.3) is 0 Å². The van der Waals surface area contributed by atoms with Crippen molar-refractivity contribution < 1.29 is 9.15 Å². The van der Waals surface area contributed by atoms with E-state index in [4.69, 9.17) is 9.15 Å². The number of rotatable bonds is 4. The minimum Gasteiger partial charge on any atom is -0.461 e. The summed E-state index contributed by atoms with van der Waals surface area (Å²) in [4.78, 5) is 12.1. The number of ether oxygens (including phenoxy) is 1. The number of para-hydroxylation sites is 1. The van der Waals surface area contributed by atoms with E-state index in [1.807, 2.05) is 48.5 Å². The molecule has 1 heterocycles. The van der Waals surface area contributed by atoms with Gasteiger partial charge >= 0.3 is 0 Å². The first kappa shape index (κ1) is 13.6. The molecule has 0 aliphatic carbocycles. The molecule has 0 saturated heterocycles. The van der Waals surface area contributed by atoms with Crippen molar-refractivity contribution in [2.24, 2.45) is 0 Å². The fourth-order valence-corrected chi connectivity index (χ4v) is 2.44. The molecule has 0 aliphatic heterocycles. The summed E-state index contributed by atoms with van der Waals surface area (Å²) in [6.07, 6.45) is 0.399. The molecule has 0 saturated carbocycles. The Morgan fingerprint density at radius 3 is 2.52 bits per heavy atom. The monoisotopic (exact) mass is 280 g/mol. The van der Waals surface area contributed by atoms with E-state index in [0.717, 1.165) is 5.56 Å².